The highest BCUT2D eigenvalue weighted by atomic mass is 16.2. The number of benzene rings is 1. The third-order valence-electron chi connectivity index (χ3n) is 4.45. The van der Waals surface area contributed by atoms with E-state index in [0.717, 1.165) is 24.2 Å². The second kappa shape index (κ2) is 5.96. The predicted molar refractivity (Wildman–Crippen MR) is 80.9 cm³/mol. The molecule has 1 heterocycles. The maximum absolute atomic E-state index is 12.8. The first-order chi connectivity index (χ1) is 9.75. The topological polar surface area (TPSA) is 32.3 Å². The quantitative estimate of drug-likeness (QED) is 0.914. The fraction of sp³-hybridized carbons (Fsp3) is 0.588. The molecule has 0 spiro atoms. The normalized spacial score (nSPS) is 22.6. The Morgan fingerprint density at radius 1 is 1.25 bits per heavy atom. The smallest absolute Gasteiger partial charge is 0.254 e. The number of piperidine rings is 1. The van der Waals surface area contributed by atoms with E-state index in [2.05, 4.69) is 10.2 Å². The average molecular weight is 272 g/mol. The summed E-state index contributed by atoms with van der Waals surface area (Å²) in [6.45, 7) is 4.00. The lowest BCUT2D eigenvalue weighted by Gasteiger charge is -2.31. The SMILES string of the molecule is Cc1ccccc1C(=O)N(CC1CCCCN1)C1CC1. The Bertz CT molecular complexity index is 476. The number of carbonyl (C=O) groups is 1. The Morgan fingerprint density at radius 2 is 2.05 bits per heavy atom. The van der Waals surface area contributed by atoms with Crippen molar-refractivity contribution in [3.05, 3.63) is 35.4 Å². The monoisotopic (exact) mass is 272 g/mol. The first-order valence-electron chi connectivity index (χ1n) is 7.85. The molecule has 1 aliphatic heterocycles. The average Bonchev–Trinajstić information content (AvgIpc) is 3.30. The van der Waals surface area contributed by atoms with Gasteiger partial charge in [0.2, 0.25) is 0 Å². The van der Waals surface area contributed by atoms with Crippen molar-refractivity contribution in [2.45, 2.75) is 51.1 Å². The van der Waals surface area contributed by atoms with Gasteiger partial charge in [-0.3, -0.25) is 4.79 Å². The summed E-state index contributed by atoms with van der Waals surface area (Å²) in [7, 11) is 0. The van der Waals surface area contributed by atoms with Crippen molar-refractivity contribution in [3.8, 4) is 0 Å². The summed E-state index contributed by atoms with van der Waals surface area (Å²) < 4.78 is 0. The van der Waals surface area contributed by atoms with Crippen molar-refractivity contribution in [2.75, 3.05) is 13.1 Å². The van der Waals surface area contributed by atoms with E-state index in [1.165, 1.54) is 32.1 Å². The van der Waals surface area contributed by atoms with Crippen molar-refractivity contribution in [1.82, 2.24) is 10.2 Å². The molecule has 1 atom stereocenters. The molecule has 1 N–H and O–H groups in total. The van der Waals surface area contributed by atoms with Crippen LogP contribution in [0.2, 0.25) is 0 Å². The van der Waals surface area contributed by atoms with Crippen molar-refractivity contribution in [1.29, 1.82) is 0 Å². The minimum absolute atomic E-state index is 0.220. The van der Waals surface area contributed by atoms with E-state index in [-0.39, 0.29) is 5.91 Å². The van der Waals surface area contributed by atoms with Crippen molar-refractivity contribution in [2.24, 2.45) is 0 Å². The van der Waals surface area contributed by atoms with E-state index < -0.39 is 0 Å². The highest BCUT2D eigenvalue weighted by Crippen LogP contribution is 2.29. The van der Waals surface area contributed by atoms with E-state index in [4.69, 9.17) is 0 Å². The number of hydrogen-bond donors (Lipinski definition) is 1. The molecular weight excluding hydrogens is 248 g/mol. The Morgan fingerprint density at radius 3 is 2.70 bits per heavy atom. The number of hydrogen-bond acceptors (Lipinski definition) is 2. The van der Waals surface area contributed by atoms with Crippen LogP contribution in [-0.4, -0.2) is 36.0 Å². The van der Waals surface area contributed by atoms with Crippen LogP contribution in [0.3, 0.4) is 0 Å². The van der Waals surface area contributed by atoms with Crippen LogP contribution in [0.1, 0.15) is 48.0 Å². The van der Waals surface area contributed by atoms with E-state index in [1.807, 2.05) is 31.2 Å². The molecule has 1 aromatic rings. The summed E-state index contributed by atoms with van der Waals surface area (Å²) in [5.41, 5.74) is 1.95. The third-order valence-corrected chi connectivity index (χ3v) is 4.45. The predicted octanol–water partition coefficient (Wildman–Crippen LogP) is 2.74. The number of aryl methyl sites for hydroxylation is 1. The van der Waals surface area contributed by atoms with Gasteiger partial charge < -0.3 is 10.2 Å². The van der Waals surface area contributed by atoms with Gasteiger partial charge in [-0.15, -0.1) is 0 Å². The van der Waals surface area contributed by atoms with Gasteiger partial charge in [0.15, 0.2) is 0 Å². The van der Waals surface area contributed by atoms with Crippen LogP contribution >= 0.6 is 0 Å². The summed E-state index contributed by atoms with van der Waals surface area (Å²) in [4.78, 5) is 14.9. The molecule has 2 fully saturated rings. The molecule has 0 aromatic heterocycles. The van der Waals surface area contributed by atoms with Gasteiger partial charge >= 0.3 is 0 Å². The van der Waals surface area contributed by atoms with Gasteiger partial charge in [0.25, 0.3) is 5.91 Å². The van der Waals surface area contributed by atoms with Gasteiger partial charge in [0.05, 0.1) is 0 Å². The highest BCUT2D eigenvalue weighted by molar-refractivity contribution is 5.96. The maximum atomic E-state index is 12.8. The Hall–Kier alpha value is -1.35. The standard InChI is InChI=1S/C17H24N2O/c1-13-6-2-3-8-16(13)17(20)19(15-9-10-15)12-14-7-4-5-11-18-14/h2-3,6,8,14-15,18H,4-5,7,9-12H2,1H3. The molecule has 0 radical (unpaired) electrons. The van der Waals surface area contributed by atoms with Crippen LogP contribution in [0.4, 0.5) is 0 Å². The van der Waals surface area contributed by atoms with Gasteiger partial charge in [-0.2, -0.15) is 0 Å². The zero-order valence-corrected chi connectivity index (χ0v) is 12.3. The first kappa shape index (κ1) is 13.6. The number of amides is 1. The summed E-state index contributed by atoms with van der Waals surface area (Å²) in [6.07, 6.45) is 6.10. The summed E-state index contributed by atoms with van der Waals surface area (Å²) >= 11 is 0. The fourth-order valence-electron chi connectivity index (χ4n) is 3.07. The Kier molecular flexibility index (Phi) is 4.06. The largest absolute Gasteiger partial charge is 0.334 e. The molecule has 0 bridgehead atoms. The van der Waals surface area contributed by atoms with Crippen LogP contribution in [-0.2, 0) is 0 Å². The van der Waals surface area contributed by atoms with Gasteiger partial charge in [-0.05, 0) is 50.8 Å². The van der Waals surface area contributed by atoms with Crippen LogP contribution < -0.4 is 5.32 Å². The minimum atomic E-state index is 0.220. The molecule has 20 heavy (non-hydrogen) atoms. The number of nitrogens with one attached hydrogen (secondary N) is 1. The van der Waals surface area contributed by atoms with E-state index >= 15 is 0 Å². The molecule has 1 saturated heterocycles. The second-order valence-corrected chi connectivity index (χ2v) is 6.15. The number of nitrogens with zero attached hydrogens (tertiary/aromatic N) is 1. The molecule has 3 nitrogen and oxygen atoms in total. The van der Waals surface area contributed by atoms with E-state index in [0.29, 0.717) is 12.1 Å². The molecule has 1 saturated carbocycles. The van der Waals surface area contributed by atoms with Crippen LogP contribution in [0.15, 0.2) is 24.3 Å². The fourth-order valence-corrected chi connectivity index (χ4v) is 3.07. The van der Waals surface area contributed by atoms with Crippen LogP contribution in [0.5, 0.6) is 0 Å². The number of rotatable bonds is 4. The van der Waals surface area contributed by atoms with Crippen LogP contribution in [0.25, 0.3) is 0 Å². The molecule has 3 rings (SSSR count). The zero-order chi connectivity index (χ0) is 13.9. The van der Waals surface area contributed by atoms with E-state index in [9.17, 15) is 4.79 Å². The molecule has 1 unspecified atom stereocenters. The second-order valence-electron chi connectivity index (χ2n) is 6.15. The minimum Gasteiger partial charge on any atom is -0.334 e. The van der Waals surface area contributed by atoms with Crippen molar-refractivity contribution in [3.63, 3.8) is 0 Å². The maximum Gasteiger partial charge on any atom is 0.254 e. The third kappa shape index (κ3) is 3.04. The van der Waals surface area contributed by atoms with Crippen molar-refractivity contribution >= 4 is 5.91 Å². The molecule has 1 amide bonds. The molecule has 1 aliphatic carbocycles. The van der Waals surface area contributed by atoms with Gasteiger partial charge in [0, 0.05) is 24.2 Å². The van der Waals surface area contributed by atoms with Crippen molar-refractivity contribution < 1.29 is 4.79 Å². The Balaban J connectivity index is 1.73. The van der Waals surface area contributed by atoms with Gasteiger partial charge in [-0.25, -0.2) is 0 Å². The Labute approximate surface area is 121 Å². The van der Waals surface area contributed by atoms with Crippen LogP contribution in [0, 0.1) is 6.92 Å². The molecule has 1 aromatic carbocycles. The summed E-state index contributed by atoms with van der Waals surface area (Å²) in [5, 5.41) is 3.56. The first-order valence-corrected chi connectivity index (χ1v) is 7.85. The van der Waals surface area contributed by atoms with E-state index in [1.54, 1.807) is 0 Å². The summed E-state index contributed by atoms with van der Waals surface area (Å²) in [6, 6.07) is 8.90. The lowest BCUT2D eigenvalue weighted by Crippen LogP contribution is -2.46. The molecular formula is C17H24N2O. The molecule has 108 valence electrons. The number of carbonyl (C=O) groups excluding carboxylic acids is 1. The lowest BCUT2D eigenvalue weighted by molar-refractivity contribution is 0.0717. The van der Waals surface area contributed by atoms with Gasteiger partial charge in [-0.1, -0.05) is 24.6 Å². The zero-order valence-electron chi connectivity index (χ0n) is 12.3. The highest BCUT2D eigenvalue weighted by Gasteiger charge is 2.34. The van der Waals surface area contributed by atoms with Gasteiger partial charge in [0.1, 0.15) is 0 Å². The molecule has 3 heteroatoms. The molecule has 2 aliphatic rings. The summed E-state index contributed by atoms with van der Waals surface area (Å²) in [5.74, 6) is 0.220. The lowest BCUT2D eigenvalue weighted by atomic mass is 10.0.